The van der Waals surface area contributed by atoms with Crippen LogP contribution in [-0.2, 0) is 0 Å². The number of carbonyl (C=O) groups is 1. The molecule has 0 amide bonds. The lowest BCUT2D eigenvalue weighted by atomic mass is 10.1. The number of ether oxygens (including phenoxy) is 1. The van der Waals surface area contributed by atoms with Crippen LogP contribution in [0.5, 0.6) is 5.75 Å². The van der Waals surface area contributed by atoms with Crippen LogP contribution in [0.15, 0.2) is 66.9 Å². The van der Waals surface area contributed by atoms with E-state index in [1.54, 1.807) is 18.3 Å². The first-order chi connectivity index (χ1) is 9.79. The lowest BCUT2D eigenvalue weighted by Gasteiger charge is -2.04. The molecule has 3 nitrogen and oxygen atoms in total. The van der Waals surface area contributed by atoms with Gasteiger partial charge in [-0.25, -0.2) is 0 Å². The molecule has 0 unspecified atom stereocenters. The number of rotatable bonds is 6. The van der Waals surface area contributed by atoms with Gasteiger partial charge in [-0.15, -0.1) is 0 Å². The molecular weight excluding hydrogens is 250 g/mol. The Morgan fingerprint density at radius 3 is 2.45 bits per heavy atom. The lowest BCUT2D eigenvalue weighted by Crippen LogP contribution is -1.96. The highest BCUT2D eigenvalue weighted by Gasteiger charge is 1.99. The number of anilines is 1. The van der Waals surface area contributed by atoms with Gasteiger partial charge in [-0.2, -0.15) is 0 Å². The molecule has 20 heavy (non-hydrogen) atoms. The molecule has 0 heterocycles. The van der Waals surface area contributed by atoms with Crippen LogP contribution in [0.25, 0.3) is 0 Å². The molecule has 0 aliphatic heterocycles. The molecular formula is C17H17NO2. The van der Waals surface area contributed by atoms with Gasteiger partial charge < -0.3 is 10.1 Å². The Balaban J connectivity index is 1.91. The number of nitrogens with one attached hydrogen (secondary N) is 1. The van der Waals surface area contributed by atoms with Crippen LogP contribution < -0.4 is 10.1 Å². The fraction of sp³-hybridized carbons (Fsp3) is 0.118. The highest BCUT2D eigenvalue weighted by atomic mass is 16.5. The minimum absolute atomic E-state index is 0.0240. The van der Waals surface area contributed by atoms with Gasteiger partial charge in [0.1, 0.15) is 5.75 Å². The maximum Gasteiger partial charge on any atom is 0.187 e. The third kappa shape index (κ3) is 3.99. The molecule has 0 fully saturated rings. The van der Waals surface area contributed by atoms with Crippen molar-refractivity contribution in [2.75, 3.05) is 11.9 Å². The van der Waals surface area contributed by atoms with Gasteiger partial charge in [-0.1, -0.05) is 30.3 Å². The molecule has 0 spiro atoms. The van der Waals surface area contributed by atoms with Crippen LogP contribution in [0.3, 0.4) is 0 Å². The molecule has 0 aromatic heterocycles. The van der Waals surface area contributed by atoms with Crippen LogP contribution in [0.4, 0.5) is 5.69 Å². The van der Waals surface area contributed by atoms with E-state index in [1.807, 2.05) is 49.4 Å². The summed E-state index contributed by atoms with van der Waals surface area (Å²) in [5.74, 6) is 0.812. The monoisotopic (exact) mass is 267 g/mol. The zero-order chi connectivity index (χ0) is 14.2. The summed E-state index contributed by atoms with van der Waals surface area (Å²) in [5.41, 5.74) is 1.59. The van der Waals surface area contributed by atoms with E-state index in [4.69, 9.17) is 4.74 Å². The van der Waals surface area contributed by atoms with Crippen LogP contribution >= 0.6 is 0 Å². The highest BCUT2D eigenvalue weighted by molar-refractivity contribution is 6.04. The molecule has 1 N–H and O–H groups in total. The van der Waals surface area contributed by atoms with E-state index in [2.05, 4.69) is 5.32 Å². The molecule has 0 aliphatic carbocycles. The normalized spacial score (nSPS) is 10.4. The smallest absolute Gasteiger partial charge is 0.187 e. The van der Waals surface area contributed by atoms with Crippen LogP contribution in [0.2, 0.25) is 0 Å². The van der Waals surface area contributed by atoms with E-state index in [1.165, 1.54) is 6.08 Å². The maximum absolute atomic E-state index is 11.8. The zero-order valence-electron chi connectivity index (χ0n) is 11.4. The third-order valence-corrected chi connectivity index (χ3v) is 2.71. The van der Waals surface area contributed by atoms with Crippen molar-refractivity contribution in [3.63, 3.8) is 0 Å². The molecule has 102 valence electrons. The summed E-state index contributed by atoms with van der Waals surface area (Å²) in [6.07, 6.45) is 3.16. The number of carbonyl (C=O) groups excluding carboxylic acids is 1. The average molecular weight is 267 g/mol. The summed E-state index contributed by atoms with van der Waals surface area (Å²) < 4.78 is 5.36. The molecule has 0 bridgehead atoms. The van der Waals surface area contributed by atoms with Gasteiger partial charge in [-0.05, 0) is 31.2 Å². The third-order valence-electron chi connectivity index (χ3n) is 2.71. The van der Waals surface area contributed by atoms with Gasteiger partial charge in [-0.3, -0.25) is 4.79 Å². The molecule has 3 heteroatoms. The molecule has 0 radical (unpaired) electrons. The minimum Gasteiger partial charge on any atom is -0.494 e. The van der Waals surface area contributed by atoms with Crippen molar-refractivity contribution in [1.82, 2.24) is 0 Å². The molecule has 2 aromatic carbocycles. The average Bonchev–Trinajstić information content (AvgIpc) is 2.50. The van der Waals surface area contributed by atoms with Crippen molar-refractivity contribution in [2.24, 2.45) is 0 Å². The number of benzene rings is 2. The van der Waals surface area contributed by atoms with Crippen LogP contribution in [-0.4, -0.2) is 12.4 Å². The molecule has 0 aliphatic rings. The lowest BCUT2D eigenvalue weighted by molar-refractivity contribution is 0.104. The number of hydrogen-bond donors (Lipinski definition) is 1. The topological polar surface area (TPSA) is 38.3 Å². The minimum atomic E-state index is -0.0240. The predicted molar refractivity (Wildman–Crippen MR) is 81.1 cm³/mol. The summed E-state index contributed by atoms with van der Waals surface area (Å²) in [4.78, 5) is 11.8. The fourth-order valence-corrected chi connectivity index (χ4v) is 1.73. The van der Waals surface area contributed by atoms with Gasteiger partial charge in [0.05, 0.1) is 6.61 Å². The SMILES string of the molecule is CCOc1ccc(N/C=C/C(=O)c2ccccc2)cc1. The second-order valence-electron chi connectivity index (χ2n) is 4.17. The van der Waals surface area contributed by atoms with Crippen molar-refractivity contribution < 1.29 is 9.53 Å². The van der Waals surface area contributed by atoms with Gasteiger partial charge in [0.15, 0.2) is 5.78 Å². The van der Waals surface area contributed by atoms with Crippen molar-refractivity contribution in [2.45, 2.75) is 6.92 Å². The van der Waals surface area contributed by atoms with Crippen molar-refractivity contribution in [3.8, 4) is 5.75 Å². The number of ketones is 1. The molecule has 0 saturated carbocycles. The molecule has 0 atom stereocenters. The van der Waals surface area contributed by atoms with E-state index in [0.29, 0.717) is 12.2 Å². The standard InChI is InChI=1S/C17H17NO2/c1-2-20-16-10-8-15(9-11-16)18-13-12-17(19)14-6-4-3-5-7-14/h3-13,18H,2H2,1H3/b13-12+. The highest BCUT2D eigenvalue weighted by Crippen LogP contribution is 2.15. The zero-order valence-corrected chi connectivity index (χ0v) is 11.4. The fourth-order valence-electron chi connectivity index (χ4n) is 1.73. The van der Waals surface area contributed by atoms with E-state index in [-0.39, 0.29) is 5.78 Å². The van der Waals surface area contributed by atoms with Crippen molar-refractivity contribution >= 4 is 11.5 Å². The Kier molecular flexibility index (Phi) is 4.95. The summed E-state index contributed by atoms with van der Waals surface area (Å²) in [7, 11) is 0. The summed E-state index contributed by atoms with van der Waals surface area (Å²) >= 11 is 0. The largest absolute Gasteiger partial charge is 0.494 e. The Bertz CT molecular complexity index is 574. The number of allylic oxidation sites excluding steroid dienone is 1. The maximum atomic E-state index is 11.8. The van der Waals surface area contributed by atoms with Gasteiger partial charge in [0, 0.05) is 23.5 Å². The quantitative estimate of drug-likeness (QED) is 0.637. The van der Waals surface area contributed by atoms with E-state index < -0.39 is 0 Å². The second-order valence-corrected chi connectivity index (χ2v) is 4.17. The Labute approximate surface area is 118 Å². The molecule has 0 saturated heterocycles. The second kappa shape index (κ2) is 7.14. The van der Waals surface area contributed by atoms with Gasteiger partial charge >= 0.3 is 0 Å². The Hall–Kier alpha value is -2.55. The van der Waals surface area contributed by atoms with Crippen LogP contribution in [0, 0.1) is 0 Å². The van der Waals surface area contributed by atoms with Crippen LogP contribution in [0.1, 0.15) is 17.3 Å². The number of hydrogen-bond acceptors (Lipinski definition) is 3. The Morgan fingerprint density at radius 1 is 1.10 bits per heavy atom. The summed E-state index contributed by atoms with van der Waals surface area (Å²) in [6, 6.07) is 16.8. The van der Waals surface area contributed by atoms with Crippen molar-refractivity contribution in [1.29, 1.82) is 0 Å². The molecule has 2 rings (SSSR count). The van der Waals surface area contributed by atoms with Gasteiger partial charge in [0.25, 0.3) is 0 Å². The Morgan fingerprint density at radius 2 is 1.80 bits per heavy atom. The summed E-state index contributed by atoms with van der Waals surface area (Å²) in [5, 5.41) is 3.06. The predicted octanol–water partition coefficient (Wildman–Crippen LogP) is 3.89. The van der Waals surface area contributed by atoms with Crippen molar-refractivity contribution in [3.05, 3.63) is 72.4 Å². The first kappa shape index (κ1) is 13.9. The summed E-state index contributed by atoms with van der Waals surface area (Å²) in [6.45, 7) is 2.60. The van der Waals surface area contributed by atoms with Gasteiger partial charge in [0.2, 0.25) is 0 Å². The van der Waals surface area contributed by atoms with E-state index >= 15 is 0 Å². The molecule has 2 aromatic rings. The first-order valence-corrected chi connectivity index (χ1v) is 6.55. The van der Waals surface area contributed by atoms with E-state index in [0.717, 1.165) is 11.4 Å². The van der Waals surface area contributed by atoms with E-state index in [9.17, 15) is 4.79 Å². The first-order valence-electron chi connectivity index (χ1n) is 6.55.